The van der Waals surface area contributed by atoms with Crippen LogP contribution in [0.25, 0.3) is 0 Å². The number of aliphatic hydroxyl groups excluding tert-OH is 1. The number of aliphatic hydroxyl groups is 1. The molecule has 0 heterocycles. The highest BCUT2D eigenvalue weighted by molar-refractivity contribution is 5.96. The lowest BCUT2D eigenvalue weighted by Crippen LogP contribution is -2.41. The van der Waals surface area contributed by atoms with E-state index in [1.54, 1.807) is 0 Å². The van der Waals surface area contributed by atoms with Crippen LogP contribution in [0, 0.1) is 5.92 Å². The molecule has 0 aliphatic carbocycles. The normalized spacial score (nSPS) is 15.9. The van der Waals surface area contributed by atoms with E-state index in [0.717, 1.165) is 6.92 Å². The van der Waals surface area contributed by atoms with E-state index in [2.05, 4.69) is 0 Å². The average molecular weight is 145 g/mol. The van der Waals surface area contributed by atoms with Gasteiger partial charge in [0.1, 0.15) is 5.78 Å². The van der Waals surface area contributed by atoms with Crippen molar-refractivity contribution < 1.29 is 19.8 Å². The van der Waals surface area contributed by atoms with Crippen LogP contribution >= 0.6 is 0 Å². The number of carboxylic acids is 1. The molecule has 4 nitrogen and oxygen atoms in total. The third-order valence-electron chi connectivity index (χ3n) is 1.17. The Morgan fingerprint density at radius 3 is 1.90 bits per heavy atom. The first-order chi connectivity index (χ1) is 4.46. The summed E-state index contributed by atoms with van der Waals surface area (Å²) in [5.74, 6) is -3.50. The van der Waals surface area contributed by atoms with Gasteiger partial charge in [0.15, 0.2) is 0 Å². The Morgan fingerprint density at radius 1 is 1.50 bits per heavy atom. The fourth-order valence-corrected chi connectivity index (χ4v) is 0.703. The molecule has 0 aromatic heterocycles. The van der Waals surface area contributed by atoms with E-state index in [1.165, 1.54) is 6.92 Å². The van der Waals surface area contributed by atoms with E-state index < -0.39 is 23.8 Å². The van der Waals surface area contributed by atoms with Gasteiger partial charge >= 0.3 is 0 Å². The summed E-state index contributed by atoms with van der Waals surface area (Å²) in [4.78, 5) is 20.5. The van der Waals surface area contributed by atoms with E-state index in [1.807, 2.05) is 0 Å². The van der Waals surface area contributed by atoms with Crippen LogP contribution < -0.4 is 5.11 Å². The molecule has 0 radical (unpaired) electrons. The quantitative estimate of drug-likeness (QED) is 0.481. The summed E-state index contributed by atoms with van der Waals surface area (Å²) >= 11 is 0. The van der Waals surface area contributed by atoms with Crippen molar-refractivity contribution >= 4 is 11.8 Å². The van der Waals surface area contributed by atoms with Gasteiger partial charge in [-0.3, -0.25) is 4.79 Å². The number of hydrogen-bond donors (Lipinski definition) is 1. The Labute approximate surface area is 58.5 Å². The first kappa shape index (κ1) is 9.10. The Kier molecular flexibility index (Phi) is 3.02. The summed E-state index contributed by atoms with van der Waals surface area (Å²) in [6.45, 7) is 2.34. The number of carbonyl (C=O) groups is 2. The zero-order valence-corrected chi connectivity index (χ0v) is 5.83. The maximum Gasteiger partial charge on any atom is 0.141 e. The molecule has 58 valence electrons. The molecule has 0 spiro atoms. The fourth-order valence-electron chi connectivity index (χ4n) is 0.703. The molecule has 0 aliphatic rings. The van der Waals surface area contributed by atoms with Gasteiger partial charge in [-0.05, 0) is 13.8 Å². The molecule has 0 fully saturated rings. The van der Waals surface area contributed by atoms with Crippen molar-refractivity contribution in [3.8, 4) is 0 Å². The molecular weight excluding hydrogens is 136 g/mol. The lowest BCUT2D eigenvalue weighted by Gasteiger charge is -2.16. The number of rotatable bonds is 3. The zero-order valence-electron chi connectivity index (χ0n) is 5.83. The Morgan fingerprint density at radius 2 is 1.90 bits per heavy atom. The SMILES string of the molecule is CC(=O)C(C(=O)[O-])C(C)O. The van der Waals surface area contributed by atoms with Gasteiger partial charge in [-0.1, -0.05) is 0 Å². The van der Waals surface area contributed by atoms with E-state index in [-0.39, 0.29) is 0 Å². The molecule has 4 heteroatoms. The highest BCUT2D eigenvalue weighted by Crippen LogP contribution is 2.02. The molecule has 0 aliphatic heterocycles. The monoisotopic (exact) mass is 145 g/mol. The number of ketones is 1. The largest absolute Gasteiger partial charge is 0.549 e. The smallest absolute Gasteiger partial charge is 0.141 e. The van der Waals surface area contributed by atoms with Crippen LogP contribution in [-0.4, -0.2) is 23.0 Å². The highest BCUT2D eigenvalue weighted by Gasteiger charge is 2.20. The van der Waals surface area contributed by atoms with Gasteiger partial charge in [-0.15, -0.1) is 0 Å². The van der Waals surface area contributed by atoms with E-state index in [9.17, 15) is 14.7 Å². The molecule has 10 heavy (non-hydrogen) atoms. The number of Topliss-reactive ketones (excluding diaryl/α,β-unsaturated/α-hetero) is 1. The lowest BCUT2D eigenvalue weighted by atomic mass is 10.0. The van der Waals surface area contributed by atoms with Gasteiger partial charge in [-0.25, -0.2) is 0 Å². The van der Waals surface area contributed by atoms with Gasteiger partial charge in [0.05, 0.1) is 18.0 Å². The van der Waals surface area contributed by atoms with Crippen LogP contribution in [0.3, 0.4) is 0 Å². The van der Waals surface area contributed by atoms with Crippen LogP contribution in [-0.2, 0) is 9.59 Å². The number of aliphatic carboxylic acids is 1. The van der Waals surface area contributed by atoms with Gasteiger partial charge in [-0.2, -0.15) is 0 Å². The minimum Gasteiger partial charge on any atom is -0.549 e. The van der Waals surface area contributed by atoms with Crippen LogP contribution in [0.1, 0.15) is 13.8 Å². The lowest BCUT2D eigenvalue weighted by molar-refractivity contribution is -0.312. The summed E-state index contributed by atoms with van der Waals surface area (Å²) < 4.78 is 0. The second kappa shape index (κ2) is 3.31. The van der Waals surface area contributed by atoms with Crippen molar-refractivity contribution in [2.75, 3.05) is 0 Å². The first-order valence-electron chi connectivity index (χ1n) is 2.86. The summed E-state index contributed by atoms with van der Waals surface area (Å²) in [6, 6.07) is 0. The summed E-state index contributed by atoms with van der Waals surface area (Å²) in [7, 11) is 0. The average Bonchev–Trinajstić information content (AvgIpc) is 1.59. The molecule has 0 aromatic rings. The van der Waals surface area contributed by atoms with Crippen LogP contribution in [0.5, 0.6) is 0 Å². The minimum absolute atomic E-state index is 0.588. The van der Waals surface area contributed by atoms with Crippen molar-refractivity contribution in [1.82, 2.24) is 0 Å². The van der Waals surface area contributed by atoms with Crippen molar-refractivity contribution in [3.05, 3.63) is 0 Å². The molecule has 0 rings (SSSR count). The van der Waals surface area contributed by atoms with E-state index in [0.29, 0.717) is 0 Å². The molecule has 0 amide bonds. The number of carbonyl (C=O) groups excluding carboxylic acids is 2. The molecule has 2 unspecified atom stereocenters. The van der Waals surface area contributed by atoms with Crippen molar-refractivity contribution in [2.45, 2.75) is 20.0 Å². The van der Waals surface area contributed by atoms with Gasteiger partial charge in [0, 0.05) is 0 Å². The number of carboxylic acid groups (broad SMARTS) is 1. The summed E-state index contributed by atoms with van der Waals surface area (Å²) in [5.41, 5.74) is 0. The fraction of sp³-hybridized carbons (Fsp3) is 0.667. The summed E-state index contributed by atoms with van der Waals surface area (Å²) in [6.07, 6.45) is -1.18. The third-order valence-corrected chi connectivity index (χ3v) is 1.17. The molecule has 0 aromatic carbocycles. The number of hydrogen-bond acceptors (Lipinski definition) is 4. The molecule has 0 saturated carbocycles. The molecule has 1 N–H and O–H groups in total. The first-order valence-corrected chi connectivity index (χ1v) is 2.86. The topological polar surface area (TPSA) is 77.4 Å². The highest BCUT2D eigenvalue weighted by atomic mass is 16.4. The standard InChI is InChI=1S/C6H10O4/c1-3(7)5(4(2)8)6(9)10/h3,5,7H,1-2H3,(H,9,10)/p-1. The minimum atomic E-state index is -1.53. The molecular formula is C6H9O4-. The van der Waals surface area contributed by atoms with Crippen LogP contribution in [0.2, 0.25) is 0 Å². The predicted molar refractivity (Wildman–Crippen MR) is 30.9 cm³/mol. The van der Waals surface area contributed by atoms with Gasteiger partial charge < -0.3 is 15.0 Å². The maximum atomic E-state index is 10.4. The van der Waals surface area contributed by atoms with Crippen molar-refractivity contribution in [1.29, 1.82) is 0 Å². The predicted octanol–water partition coefficient (Wildman–Crippen LogP) is -1.68. The second-order valence-corrected chi connectivity index (χ2v) is 2.15. The van der Waals surface area contributed by atoms with Gasteiger partial charge in [0.25, 0.3) is 0 Å². The Hall–Kier alpha value is -0.900. The molecule has 0 saturated heterocycles. The maximum absolute atomic E-state index is 10.4. The van der Waals surface area contributed by atoms with Crippen molar-refractivity contribution in [3.63, 3.8) is 0 Å². The van der Waals surface area contributed by atoms with E-state index >= 15 is 0 Å². The zero-order chi connectivity index (χ0) is 8.31. The van der Waals surface area contributed by atoms with E-state index in [4.69, 9.17) is 5.11 Å². The van der Waals surface area contributed by atoms with Gasteiger partial charge in [0.2, 0.25) is 0 Å². The second-order valence-electron chi connectivity index (χ2n) is 2.15. The molecule has 0 bridgehead atoms. The molecule has 2 atom stereocenters. The van der Waals surface area contributed by atoms with Crippen molar-refractivity contribution in [2.24, 2.45) is 5.92 Å². The summed E-state index contributed by atoms with van der Waals surface area (Å²) in [5, 5.41) is 18.8. The van der Waals surface area contributed by atoms with Crippen LogP contribution in [0.4, 0.5) is 0 Å². The Bertz CT molecular complexity index is 136. The third kappa shape index (κ3) is 2.14. The van der Waals surface area contributed by atoms with Crippen LogP contribution in [0.15, 0.2) is 0 Å². The Balaban J connectivity index is 4.27.